The summed E-state index contributed by atoms with van der Waals surface area (Å²) in [5.41, 5.74) is 3.24. The van der Waals surface area contributed by atoms with Crippen molar-refractivity contribution in [1.29, 1.82) is 0 Å². The molecule has 2 amide bonds. The molecule has 1 aliphatic heterocycles. The quantitative estimate of drug-likeness (QED) is 0.284. The zero-order valence-corrected chi connectivity index (χ0v) is 23.2. The lowest BCUT2D eigenvalue weighted by molar-refractivity contribution is -0.129. The highest BCUT2D eigenvalue weighted by Crippen LogP contribution is 2.28. The van der Waals surface area contributed by atoms with Crippen LogP contribution >= 0.6 is 27.7 Å². The Kier molecular flexibility index (Phi) is 7.16. The summed E-state index contributed by atoms with van der Waals surface area (Å²) in [4.78, 5) is 37.2. The number of hydrogen-bond donors (Lipinski definition) is 1. The van der Waals surface area contributed by atoms with Gasteiger partial charge in [-0.15, -0.1) is 10.2 Å². The highest BCUT2D eigenvalue weighted by molar-refractivity contribution is 9.10. The molecule has 4 heterocycles. The van der Waals surface area contributed by atoms with Crippen LogP contribution in [-0.4, -0.2) is 78.3 Å². The zero-order chi connectivity index (χ0) is 26.8. The number of hydrogen-bond acceptors (Lipinski definition) is 6. The summed E-state index contributed by atoms with van der Waals surface area (Å²) < 4.78 is 2.91. The number of piperazine rings is 1. The van der Waals surface area contributed by atoms with E-state index >= 15 is 0 Å². The number of halogens is 1. The summed E-state index contributed by atoms with van der Waals surface area (Å²) >= 11 is 4.84. The standard InChI is InChI=1S/C28H24BrN7O2S/c29-21-7-9-22(10-8-21)36-26(20-5-3-11-30-17-20)32-33-28(36)39-18-25(37)34-12-14-35(15-13-34)27(38)24-16-19-4-1-2-6-23(19)31-24/h1-11,16-17,31H,12-15,18H2. The second-order valence-electron chi connectivity index (χ2n) is 9.09. The van der Waals surface area contributed by atoms with Crippen molar-refractivity contribution >= 4 is 50.4 Å². The van der Waals surface area contributed by atoms with Crippen LogP contribution in [0.4, 0.5) is 0 Å². The molecule has 39 heavy (non-hydrogen) atoms. The van der Waals surface area contributed by atoms with Crippen molar-refractivity contribution in [1.82, 2.24) is 34.5 Å². The van der Waals surface area contributed by atoms with Gasteiger partial charge in [-0.3, -0.25) is 19.1 Å². The lowest BCUT2D eigenvalue weighted by atomic mass is 10.2. The Labute approximate surface area is 237 Å². The minimum atomic E-state index is -0.0433. The predicted octanol–water partition coefficient (Wildman–Crippen LogP) is 4.65. The first-order valence-electron chi connectivity index (χ1n) is 12.5. The molecule has 0 radical (unpaired) electrons. The van der Waals surface area contributed by atoms with Crippen LogP contribution in [0.1, 0.15) is 10.5 Å². The lowest BCUT2D eigenvalue weighted by Crippen LogP contribution is -2.51. The van der Waals surface area contributed by atoms with Crippen molar-refractivity contribution < 1.29 is 9.59 Å². The van der Waals surface area contributed by atoms with Gasteiger partial charge in [-0.2, -0.15) is 0 Å². The number of nitrogens with zero attached hydrogens (tertiary/aromatic N) is 6. The Morgan fingerprint density at radius 3 is 2.44 bits per heavy atom. The van der Waals surface area contributed by atoms with Crippen LogP contribution in [0.3, 0.4) is 0 Å². The van der Waals surface area contributed by atoms with E-state index in [1.165, 1.54) is 11.8 Å². The normalized spacial score (nSPS) is 13.7. The van der Waals surface area contributed by atoms with E-state index in [-0.39, 0.29) is 17.6 Å². The smallest absolute Gasteiger partial charge is 0.270 e. The fraction of sp³-hybridized carbons (Fsp3) is 0.179. The number of thioether (sulfide) groups is 1. The van der Waals surface area contributed by atoms with E-state index < -0.39 is 0 Å². The lowest BCUT2D eigenvalue weighted by Gasteiger charge is -2.34. The number of benzene rings is 2. The monoisotopic (exact) mass is 601 g/mol. The van der Waals surface area contributed by atoms with Gasteiger partial charge in [0.2, 0.25) is 5.91 Å². The van der Waals surface area contributed by atoms with E-state index in [4.69, 9.17) is 0 Å². The van der Waals surface area contributed by atoms with E-state index in [1.807, 2.05) is 76.2 Å². The number of para-hydroxylation sites is 1. The molecule has 196 valence electrons. The maximum Gasteiger partial charge on any atom is 0.270 e. The molecular weight excluding hydrogens is 578 g/mol. The Balaban J connectivity index is 1.12. The van der Waals surface area contributed by atoms with Gasteiger partial charge in [0.15, 0.2) is 11.0 Å². The third-order valence-electron chi connectivity index (χ3n) is 6.64. The summed E-state index contributed by atoms with van der Waals surface area (Å²) in [6, 6.07) is 21.4. The Morgan fingerprint density at radius 1 is 0.923 bits per heavy atom. The SMILES string of the molecule is O=C(CSc1nnc(-c2cccnc2)n1-c1ccc(Br)cc1)N1CCN(C(=O)c2cc3ccccc3[nH]2)CC1. The first-order valence-corrected chi connectivity index (χ1v) is 14.2. The Bertz CT molecular complexity index is 1590. The van der Waals surface area contributed by atoms with E-state index in [2.05, 4.69) is 36.1 Å². The number of H-pyrrole nitrogens is 1. The van der Waals surface area contributed by atoms with Crippen molar-refractivity contribution in [2.24, 2.45) is 0 Å². The average Bonchev–Trinajstić information content (AvgIpc) is 3.61. The van der Waals surface area contributed by atoms with E-state index in [1.54, 1.807) is 17.3 Å². The van der Waals surface area contributed by atoms with Gasteiger partial charge < -0.3 is 14.8 Å². The number of aromatic nitrogens is 5. The molecule has 1 saturated heterocycles. The van der Waals surface area contributed by atoms with Crippen LogP contribution < -0.4 is 0 Å². The highest BCUT2D eigenvalue weighted by atomic mass is 79.9. The van der Waals surface area contributed by atoms with Gasteiger partial charge in [-0.1, -0.05) is 45.9 Å². The van der Waals surface area contributed by atoms with Crippen LogP contribution in [0.5, 0.6) is 0 Å². The summed E-state index contributed by atoms with van der Waals surface area (Å²) in [5, 5.41) is 10.5. The van der Waals surface area contributed by atoms with Crippen LogP contribution in [0.2, 0.25) is 0 Å². The van der Waals surface area contributed by atoms with E-state index in [0.717, 1.165) is 26.6 Å². The van der Waals surface area contributed by atoms with Gasteiger partial charge in [0.1, 0.15) is 5.69 Å². The van der Waals surface area contributed by atoms with Crippen molar-refractivity contribution in [2.75, 3.05) is 31.9 Å². The Morgan fingerprint density at radius 2 is 1.69 bits per heavy atom. The molecule has 0 bridgehead atoms. The summed E-state index contributed by atoms with van der Waals surface area (Å²) in [5.74, 6) is 0.839. The van der Waals surface area contributed by atoms with Gasteiger partial charge in [-0.05, 0) is 48.5 Å². The molecule has 5 aromatic rings. The number of nitrogens with one attached hydrogen (secondary N) is 1. The zero-order valence-electron chi connectivity index (χ0n) is 20.8. The first kappa shape index (κ1) is 25.3. The maximum absolute atomic E-state index is 13.1. The molecule has 11 heteroatoms. The average molecular weight is 603 g/mol. The number of pyridine rings is 1. The molecule has 0 unspecified atom stereocenters. The third-order valence-corrected chi connectivity index (χ3v) is 8.09. The van der Waals surface area contributed by atoms with Crippen molar-refractivity contribution in [2.45, 2.75) is 5.16 Å². The Hall–Kier alpha value is -3.96. The number of rotatable bonds is 6. The minimum absolute atomic E-state index is 0.00555. The molecule has 2 aromatic carbocycles. The van der Waals surface area contributed by atoms with E-state index in [9.17, 15) is 9.59 Å². The van der Waals surface area contributed by atoms with Crippen molar-refractivity contribution in [3.8, 4) is 17.1 Å². The summed E-state index contributed by atoms with van der Waals surface area (Å²) in [6.07, 6.45) is 3.46. The molecular formula is C28H24BrN7O2S. The first-order chi connectivity index (χ1) is 19.1. The summed E-state index contributed by atoms with van der Waals surface area (Å²) in [7, 11) is 0. The molecule has 0 saturated carbocycles. The molecule has 0 atom stereocenters. The minimum Gasteiger partial charge on any atom is -0.351 e. The van der Waals surface area contributed by atoms with Crippen LogP contribution in [0.15, 0.2) is 88.8 Å². The molecule has 1 aliphatic rings. The molecule has 6 rings (SSSR count). The fourth-order valence-corrected chi connectivity index (χ4v) is 5.72. The molecule has 1 N–H and O–H groups in total. The predicted molar refractivity (Wildman–Crippen MR) is 154 cm³/mol. The van der Waals surface area contributed by atoms with Crippen molar-refractivity contribution in [3.05, 3.63) is 89.3 Å². The largest absolute Gasteiger partial charge is 0.351 e. The molecule has 0 spiro atoms. The van der Waals surface area contributed by atoms with Gasteiger partial charge >= 0.3 is 0 Å². The number of aromatic amines is 1. The van der Waals surface area contributed by atoms with Crippen LogP contribution in [0.25, 0.3) is 28.0 Å². The van der Waals surface area contributed by atoms with Gasteiger partial charge in [0, 0.05) is 65.2 Å². The molecule has 3 aromatic heterocycles. The third kappa shape index (κ3) is 5.32. The fourth-order valence-electron chi connectivity index (χ4n) is 4.60. The molecule has 9 nitrogen and oxygen atoms in total. The second kappa shape index (κ2) is 11.0. The number of fused-ring (bicyclic) bond motifs is 1. The number of carbonyl (C=O) groups is 2. The second-order valence-corrected chi connectivity index (χ2v) is 10.9. The van der Waals surface area contributed by atoms with Gasteiger partial charge in [0.25, 0.3) is 5.91 Å². The van der Waals surface area contributed by atoms with Crippen molar-refractivity contribution in [3.63, 3.8) is 0 Å². The summed E-state index contributed by atoms with van der Waals surface area (Å²) in [6.45, 7) is 1.97. The van der Waals surface area contributed by atoms with Gasteiger partial charge in [0.05, 0.1) is 5.75 Å². The number of amides is 2. The molecule has 0 aliphatic carbocycles. The van der Waals surface area contributed by atoms with E-state index in [0.29, 0.717) is 42.9 Å². The highest BCUT2D eigenvalue weighted by Gasteiger charge is 2.26. The van der Waals surface area contributed by atoms with Gasteiger partial charge in [-0.25, -0.2) is 0 Å². The van der Waals surface area contributed by atoms with Crippen LogP contribution in [0, 0.1) is 0 Å². The topological polar surface area (TPSA) is 100 Å². The maximum atomic E-state index is 13.1. The number of carbonyl (C=O) groups excluding carboxylic acids is 2. The van der Waals surface area contributed by atoms with Crippen LogP contribution in [-0.2, 0) is 4.79 Å². The molecule has 1 fully saturated rings.